The van der Waals surface area contributed by atoms with E-state index in [4.69, 9.17) is 9.97 Å². The largest absolute Gasteiger partial charge is 0.370 e. The average molecular weight is 453 g/mol. The predicted octanol–water partition coefficient (Wildman–Crippen LogP) is 4.62. The third-order valence-electron chi connectivity index (χ3n) is 6.41. The molecule has 1 saturated heterocycles. The fourth-order valence-electron chi connectivity index (χ4n) is 4.82. The first-order valence-electron chi connectivity index (χ1n) is 11.8. The monoisotopic (exact) mass is 452 g/mol. The van der Waals surface area contributed by atoms with Crippen molar-refractivity contribution in [2.75, 3.05) is 32.1 Å². The lowest BCUT2D eigenvalue weighted by Gasteiger charge is -2.28. The van der Waals surface area contributed by atoms with Crippen LogP contribution in [0.15, 0.2) is 48.8 Å². The van der Waals surface area contributed by atoms with Crippen molar-refractivity contribution in [3.63, 3.8) is 0 Å². The molecule has 1 aliphatic heterocycles. The molecule has 0 unspecified atom stereocenters. The van der Waals surface area contributed by atoms with E-state index < -0.39 is 0 Å². The molecule has 0 bridgehead atoms. The van der Waals surface area contributed by atoms with E-state index in [-0.39, 0.29) is 0 Å². The van der Waals surface area contributed by atoms with Crippen LogP contribution in [0.4, 0.5) is 5.69 Å². The number of H-pyrrole nitrogens is 2. The Kier molecular flexibility index (Phi) is 5.22. The van der Waals surface area contributed by atoms with Crippen LogP contribution in [0.2, 0.25) is 0 Å². The van der Waals surface area contributed by atoms with Crippen molar-refractivity contribution in [3.05, 3.63) is 54.4 Å². The second-order valence-electron chi connectivity index (χ2n) is 9.29. The van der Waals surface area contributed by atoms with E-state index in [1.54, 1.807) is 0 Å². The van der Waals surface area contributed by atoms with Crippen LogP contribution in [-0.2, 0) is 6.54 Å². The third kappa shape index (κ3) is 3.80. The number of imidazole rings is 1. The van der Waals surface area contributed by atoms with Crippen molar-refractivity contribution in [2.24, 2.45) is 0 Å². The van der Waals surface area contributed by atoms with Crippen molar-refractivity contribution in [1.82, 2.24) is 35.0 Å². The maximum Gasteiger partial charge on any atom is 0.161 e. The van der Waals surface area contributed by atoms with Gasteiger partial charge in [0.05, 0.1) is 22.4 Å². The van der Waals surface area contributed by atoms with Gasteiger partial charge in [0, 0.05) is 37.6 Å². The minimum atomic E-state index is 0.731. The lowest BCUT2D eigenvalue weighted by Crippen LogP contribution is -2.29. The number of hydrogen-bond acceptors (Lipinski definition) is 6. The number of anilines is 1. The van der Waals surface area contributed by atoms with Gasteiger partial charge in [-0.1, -0.05) is 6.07 Å². The van der Waals surface area contributed by atoms with Gasteiger partial charge in [-0.05, 0) is 69.3 Å². The van der Waals surface area contributed by atoms with Gasteiger partial charge < -0.3 is 14.8 Å². The number of piperidine rings is 1. The quantitative estimate of drug-likeness (QED) is 0.405. The molecule has 5 heterocycles. The highest BCUT2D eigenvalue weighted by atomic mass is 15.2. The molecule has 1 fully saturated rings. The molecule has 0 aliphatic carbocycles. The Morgan fingerprint density at radius 1 is 0.941 bits per heavy atom. The molecule has 34 heavy (non-hydrogen) atoms. The first-order valence-corrected chi connectivity index (χ1v) is 11.8. The van der Waals surface area contributed by atoms with Crippen LogP contribution < -0.4 is 4.90 Å². The van der Waals surface area contributed by atoms with Gasteiger partial charge in [-0.3, -0.25) is 10.1 Å². The summed E-state index contributed by atoms with van der Waals surface area (Å²) in [5, 5.41) is 7.70. The number of aromatic amines is 2. The molecule has 0 saturated carbocycles. The zero-order valence-corrected chi connectivity index (χ0v) is 19.5. The van der Waals surface area contributed by atoms with E-state index in [9.17, 15) is 0 Å². The summed E-state index contributed by atoms with van der Waals surface area (Å²) in [5.74, 6) is 0.731. The Balaban J connectivity index is 1.41. The van der Waals surface area contributed by atoms with Gasteiger partial charge in [0.2, 0.25) is 0 Å². The first-order chi connectivity index (χ1) is 16.7. The van der Waals surface area contributed by atoms with Crippen LogP contribution in [-0.4, -0.2) is 62.2 Å². The van der Waals surface area contributed by atoms with Crippen LogP contribution in [0, 0.1) is 0 Å². The van der Waals surface area contributed by atoms with Crippen molar-refractivity contribution in [3.8, 4) is 22.8 Å². The number of benzene rings is 1. The van der Waals surface area contributed by atoms with Crippen molar-refractivity contribution in [1.29, 1.82) is 0 Å². The van der Waals surface area contributed by atoms with E-state index in [0.717, 1.165) is 70.0 Å². The SMILES string of the molecule is CN(C)Cc1cncc(-c2ccc3[nH]nc(-c4nc5c(N6CCCCC6)cccc5[nH]4)c3n2)c1. The summed E-state index contributed by atoms with van der Waals surface area (Å²) in [6.45, 7) is 3.00. The van der Waals surface area contributed by atoms with Gasteiger partial charge in [0.1, 0.15) is 11.0 Å². The van der Waals surface area contributed by atoms with E-state index in [2.05, 4.69) is 68.3 Å². The fraction of sp³-hybridized carbons (Fsp3) is 0.308. The molecule has 0 radical (unpaired) electrons. The van der Waals surface area contributed by atoms with E-state index in [1.165, 1.54) is 24.9 Å². The number of para-hydroxylation sites is 1. The highest BCUT2D eigenvalue weighted by molar-refractivity contribution is 5.95. The number of aromatic nitrogens is 6. The lowest BCUT2D eigenvalue weighted by atomic mass is 10.1. The number of rotatable bonds is 5. The molecular formula is C26H28N8. The number of hydrogen-bond donors (Lipinski definition) is 2. The second kappa shape index (κ2) is 8.53. The number of pyridine rings is 2. The van der Waals surface area contributed by atoms with Crippen LogP contribution in [0.25, 0.3) is 44.8 Å². The van der Waals surface area contributed by atoms with Crippen LogP contribution in [0.1, 0.15) is 24.8 Å². The summed E-state index contributed by atoms with van der Waals surface area (Å²) in [6.07, 6.45) is 7.53. The highest BCUT2D eigenvalue weighted by Gasteiger charge is 2.19. The van der Waals surface area contributed by atoms with Gasteiger partial charge >= 0.3 is 0 Å². The standard InChI is InChI=1S/C26H28N8/c1-33(2)16-17-13-18(15-27-14-17)19-9-10-21-24(28-19)25(32-31-21)26-29-20-7-6-8-22(23(20)30-26)34-11-4-3-5-12-34/h6-10,13-15H,3-5,11-12,16H2,1-2H3,(H,29,30)(H,31,32). The lowest BCUT2D eigenvalue weighted by molar-refractivity contribution is 0.402. The third-order valence-corrected chi connectivity index (χ3v) is 6.41. The van der Waals surface area contributed by atoms with Gasteiger partial charge in [-0.25, -0.2) is 9.97 Å². The van der Waals surface area contributed by atoms with Crippen molar-refractivity contribution >= 4 is 27.8 Å². The molecule has 2 N–H and O–H groups in total. The van der Waals surface area contributed by atoms with Crippen LogP contribution >= 0.6 is 0 Å². The molecule has 1 aromatic carbocycles. The maximum absolute atomic E-state index is 4.99. The van der Waals surface area contributed by atoms with Crippen molar-refractivity contribution in [2.45, 2.75) is 25.8 Å². The van der Waals surface area contributed by atoms with Gasteiger partial charge in [-0.2, -0.15) is 5.10 Å². The molecule has 0 spiro atoms. The number of fused-ring (bicyclic) bond motifs is 2. The number of nitrogens with zero attached hydrogens (tertiary/aromatic N) is 6. The van der Waals surface area contributed by atoms with Crippen molar-refractivity contribution < 1.29 is 0 Å². The summed E-state index contributed by atoms with van der Waals surface area (Å²) in [4.78, 5) is 22.5. The van der Waals surface area contributed by atoms with E-state index >= 15 is 0 Å². The molecular weight excluding hydrogens is 424 g/mol. The maximum atomic E-state index is 4.99. The summed E-state index contributed by atoms with van der Waals surface area (Å²) in [5.41, 5.74) is 8.63. The second-order valence-corrected chi connectivity index (χ2v) is 9.29. The van der Waals surface area contributed by atoms with Crippen LogP contribution in [0.3, 0.4) is 0 Å². The Bertz CT molecular complexity index is 1460. The van der Waals surface area contributed by atoms with E-state index in [0.29, 0.717) is 0 Å². The Hall–Kier alpha value is -3.78. The molecule has 5 aromatic rings. The predicted molar refractivity (Wildman–Crippen MR) is 136 cm³/mol. The molecule has 1 aliphatic rings. The molecule has 0 amide bonds. The smallest absolute Gasteiger partial charge is 0.161 e. The Morgan fingerprint density at radius 3 is 2.68 bits per heavy atom. The highest BCUT2D eigenvalue weighted by Crippen LogP contribution is 2.32. The summed E-state index contributed by atoms with van der Waals surface area (Å²) in [7, 11) is 4.11. The molecule has 8 nitrogen and oxygen atoms in total. The number of nitrogens with one attached hydrogen (secondary N) is 2. The molecule has 8 heteroatoms. The van der Waals surface area contributed by atoms with Gasteiger partial charge in [-0.15, -0.1) is 0 Å². The first kappa shape index (κ1) is 20.8. The molecule has 4 aromatic heterocycles. The summed E-state index contributed by atoms with van der Waals surface area (Å²) >= 11 is 0. The van der Waals surface area contributed by atoms with Gasteiger partial charge in [0.25, 0.3) is 0 Å². The zero-order chi connectivity index (χ0) is 23.1. The Morgan fingerprint density at radius 2 is 1.82 bits per heavy atom. The molecule has 172 valence electrons. The average Bonchev–Trinajstić information content (AvgIpc) is 3.48. The fourth-order valence-corrected chi connectivity index (χ4v) is 4.82. The summed E-state index contributed by atoms with van der Waals surface area (Å²) in [6, 6.07) is 12.5. The molecule has 0 atom stereocenters. The molecule has 6 rings (SSSR count). The zero-order valence-electron chi connectivity index (χ0n) is 19.5. The van der Waals surface area contributed by atoms with E-state index in [1.807, 2.05) is 24.5 Å². The normalized spacial score (nSPS) is 14.5. The summed E-state index contributed by atoms with van der Waals surface area (Å²) < 4.78 is 0. The topological polar surface area (TPSA) is 89.6 Å². The van der Waals surface area contributed by atoms with Crippen LogP contribution in [0.5, 0.6) is 0 Å². The minimum absolute atomic E-state index is 0.731. The minimum Gasteiger partial charge on any atom is -0.370 e. The Labute approximate surface area is 198 Å². The van der Waals surface area contributed by atoms with Gasteiger partial charge in [0.15, 0.2) is 11.5 Å².